The molecule has 0 spiro atoms. The minimum absolute atomic E-state index is 0.285. The molecule has 0 aromatic carbocycles. The summed E-state index contributed by atoms with van der Waals surface area (Å²) in [6, 6.07) is 1.37. The maximum absolute atomic E-state index is 11.4. The van der Waals surface area contributed by atoms with E-state index in [2.05, 4.69) is 0 Å². The number of nitrogens with zero attached hydrogens (tertiary/aromatic N) is 2. The zero-order valence-corrected chi connectivity index (χ0v) is 8.12. The van der Waals surface area contributed by atoms with Crippen molar-refractivity contribution in [2.24, 2.45) is 7.05 Å². The number of aryl methyl sites for hydroxylation is 1. The second-order valence-corrected chi connectivity index (χ2v) is 3.11. The maximum Gasteiger partial charge on any atom is 0.330 e. The second kappa shape index (κ2) is 4.28. The molecular formula is C8H11ClN2O2. The first-order chi connectivity index (χ1) is 6.16. The number of hydrogen-bond donors (Lipinski definition) is 0. The molecule has 1 heterocycles. The fourth-order valence-electron chi connectivity index (χ4n) is 1.02. The van der Waals surface area contributed by atoms with Gasteiger partial charge in [-0.3, -0.25) is 9.36 Å². The molecular weight excluding hydrogens is 192 g/mol. The first-order valence-electron chi connectivity index (χ1n) is 3.99. The second-order valence-electron chi connectivity index (χ2n) is 2.73. The van der Waals surface area contributed by atoms with E-state index in [-0.39, 0.29) is 11.2 Å². The van der Waals surface area contributed by atoms with E-state index in [0.717, 1.165) is 11.0 Å². The van der Waals surface area contributed by atoms with E-state index in [1.54, 1.807) is 0 Å². The molecule has 4 nitrogen and oxygen atoms in total. The number of rotatable bonds is 3. The molecule has 72 valence electrons. The van der Waals surface area contributed by atoms with Gasteiger partial charge in [0.25, 0.3) is 5.56 Å². The highest BCUT2D eigenvalue weighted by molar-refractivity contribution is 6.17. The lowest BCUT2D eigenvalue weighted by Gasteiger charge is -2.04. The SMILES string of the molecule is Cn1c(=O)ccn(CCCCl)c1=O. The lowest BCUT2D eigenvalue weighted by atomic mass is 10.4. The summed E-state index contributed by atoms with van der Waals surface area (Å²) >= 11 is 5.49. The third kappa shape index (κ3) is 2.21. The fraction of sp³-hybridized carbons (Fsp3) is 0.500. The monoisotopic (exact) mass is 202 g/mol. The normalized spacial score (nSPS) is 10.3. The molecule has 1 aromatic heterocycles. The van der Waals surface area contributed by atoms with E-state index in [1.165, 1.54) is 23.9 Å². The Morgan fingerprint density at radius 3 is 2.77 bits per heavy atom. The predicted molar refractivity (Wildman–Crippen MR) is 51.3 cm³/mol. The van der Waals surface area contributed by atoms with E-state index >= 15 is 0 Å². The highest BCUT2D eigenvalue weighted by Crippen LogP contribution is 1.87. The Bertz CT molecular complexity index is 394. The van der Waals surface area contributed by atoms with Crippen LogP contribution in [-0.2, 0) is 13.6 Å². The van der Waals surface area contributed by atoms with Crippen LogP contribution in [0.25, 0.3) is 0 Å². The van der Waals surface area contributed by atoms with Crippen molar-refractivity contribution in [3.05, 3.63) is 33.1 Å². The van der Waals surface area contributed by atoms with Crippen molar-refractivity contribution in [3.63, 3.8) is 0 Å². The number of halogens is 1. The van der Waals surface area contributed by atoms with Crippen LogP contribution < -0.4 is 11.2 Å². The van der Waals surface area contributed by atoms with E-state index in [4.69, 9.17) is 11.6 Å². The van der Waals surface area contributed by atoms with Crippen molar-refractivity contribution in [1.82, 2.24) is 9.13 Å². The van der Waals surface area contributed by atoms with Gasteiger partial charge in [-0.25, -0.2) is 4.79 Å². The van der Waals surface area contributed by atoms with Crippen LogP contribution in [0.5, 0.6) is 0 Å². The molecule has 1 rings (SSSR count). The summed E-state index contributed by atoms with van der Waals surface area (Å²) < 4.78 is 2.55. The summed E-state index contributed by atoms with van der Waals surface area (Å²) in [5, 5.41) is 0. The van der Waals surface area contributed by atoms with E-state index in [9.17, 15) is 9.59 Å². The minimum Gasteiger partial charge on any atom is -0.300 e. The quantitative estimate of drug-likeness (QED) is 0.657. The van der Waals surface area contributed by atoms with Crippen LogP contribution in [-0.4, -0.2) is 15.0 Å². The van der Waals surface area contributed by atoms with Crippen molar-refractivity contribution in [2.75, 3.05) is 5.88 Å². The number of hydrogen-bond acceptors (Lipinski definition) is 2. The molecule has 0 saturated heterocycles. The van der Waals surface area contributed by atoms with Gasteiger partial charge in [0.2, 0.25) is 0 Å². The molecule has 13 heavy (non-hydrogen) atoms. The average Bonchev–Trinajstić information content (AvgIpc) is 2.13. The van der Waals surface area contributed by atoms with Gasteiger partial charge >= 0.3 is 5.69 Å². The minimum atomic E-state index is -0.294. The van der Waals surface area contributed by atoms with E-state index in [1.807, 2.05) is 0 Å². The summed E-state index contributed by atoms with van der Waals surface area (Å²) in [5.41, 5.74) is -0.579. The van der Waals surface area contributed by atoms with Gasteiger partial charge in [0.15, 0.2) is 0 Å². The molecule has 0 unspecified atom stereocenters. The summed E-state index contributed by atoms with van der Waals surface area (Å²) in [6.45, 7) is 0.552. The first-order valence-corrected chi connectivity index (χ1v) is 4.52. The molecule has 0 aliphatic carbocycles. The maximum atomic E-state index is 11.4. The summed E-state index contributed by atoms with van der Waals surface area (Å²) in [4.78, 5) is 22.4. The molecule has 0 N–H and O–H groups in total. The molecule has 0 amide bonds. The third-order valence-electron chi connectivity index (χ3n) is 1.79. The highest BCUT2D eigenvalue weighted by Gasteiger charge is 1.99. The van der Waals surface area contributed by atoms with Crippen molar-refractivity contribution in [3.8, 4) is 0 Å². The molecule has 1 aromatic rings. The van der Waals surface area contributed by atoms with Gasteiger partial charge in [0.05, 0.1) is 0 Å². The average molecular weight is 203 g/mol. The lowest BCUT2D eigenvalue weighted by Crippen LogP contribution is -2.36. The first kappa shape index (κ1) is 10.1. The molecule has 0 aliphatic rings. The summed E-state index contributed by atoms with van der Waals surface area (Å²) in [7, 11) is 1.46. The largest absolute Gasteiger partial charge is 0.330 e. The van der Waals surface area contributed by atoms with Crippen LogP contribution in [0.3, 0.4) is 0 Å². The van der Waals surface area contributed by atoms with Crippen LogP contribution in [0.15, 0.2) is 21.9 Å². The zero-order chi connectivity index (χ0) is 9.84. The zero-order valence-electron chi connectivity index (χ0n) is 7.36. The van der Waals surface area contributed by atoms with Crippen molar-refractivity contribution >= 4 is 11.6 Å². The Balaban J connectivity index is 3.05. The smallest absolute Gasteiger partial charge is 0.300 e. The molecule has 0 saturated carbocycles. The van der Waals surface area contributed by atoms with Crippen LogP contribution in [0.2, 0.25) is 0 Å². The molecule has 0 bridgehead atoms. The van der Waals surface area contributed by atoms with Crippen molar-refractivity contribution in [1.29, 1.82) is 0 Å². The Kier molecular flexibility index (Phi) is 3.31. The van der Waals surface area contributed by atoms with Gasteiger partial charge in [-0.1, -0.05) is 0 Å². The topological polar surface area (TPSA) is 44.0 Å². The van der Waals surface area contributed by atoms with Crippen LogP contribution in [0.4, 0.5) is 0 Å². The van der Waals surface area contributed by atoms with Gasteiger partial charge in [0, 0.05) is 31.7 Å². The van der Waals surface area contributed by atoms with Gasteiger partial charge in [0.1, 0.15) is 0 Å². The molecule has 0 aliphatic heterocycles. The number of alkyl halides is 1. The molecule has 5 heteroatoms. The van der Waals surface area contributed by atoms with E-state index in [0.29, 0.717) is 12.4 Å². The molecule has 0 fully saturated rings. The third-order valence-corrected chi connectivity index (χ3v) is 2.06. The molecule has 0 radical (unpaired) electrons. The van der Waals surface area contributed by atoms with Gasteiger partial charge in [-0.2, -0.15) is 0 Å². The predicted octanol–water partition coefficient (Wildman–Crippen LogP) is 0.176. The Morgan fingerprint density at radius 1 is 1.46 bits per heavy atom. The van der Waals surface area contributed by atoms with Crippen LogP contribution >= 0.6 is 11.6 Å². The summed E-state index contributed by atoms with van der Waals surface area (Å²) in [5.74, 6) is 0.509. The van der Waals surface area contributed by atoms with Crippen LogP contribution in [0, 0.1) is 0 Å². The van der Waals surface area contributed by atoms with Gasteiger partial charge < -0.3 is 4.57 Å². The molecule has 0 atom stereocenters. The van der Waals surface area contributed by atoms with Gasteiger partial charge in [-0.05, 0) is 6.42 Å². The van der Waals surface area contributed by atoms with Crippen LogP contribution in [0.1, 0.15) is 6.42 Å². The standard InChI is InChI=1S/C8H11ClN2O2/c1-10-7(12)3-6-11(8(10)13)5-2-4-9/h3,6H,2,4-5H2,1H3. The van der Waals surface area contributed by atoms with Crippen molar-refractivity contribution < 1.29 is 0 Å². The fourth-order valence-corrected chi connectivity index (χ4v) is 1.14. The van der Waals surface area contributed by atoms with E-state index < -0.39 is 0 Å². The lowest BCUT2D eigenvalue weighted by molar-refractivity contribution is 0.592. The van der Waals surface area contributed by atoms with Crippen molar-refractivity contribution in [2.45, 2.75) is 13.0 Å². The Hall–Kier alpha value is -1.03. The summed E-state index contributed by atoms with van der Waals surface area (Å²) in [6.07, 6.45) is 2.22. The highest BCUT2D eigenvalue weighted by atomic mass is 35.5. The Labute approximate surface area is 80.4 Å². The van der Waals surface area contributed by atoms with Gasteiger partial charge in [-0.15, -0.1) is 11.6 Å². The number of aromatic nitrogens is 2. The Morgan fingerprint density at radius 2 is 2.15 bits per heavy atom.